The van der Waals surface area contributed by atoms with Crippen LogP contribution in [0.5, 0.6) is 0 Å². The summed E-state index contributed by atoms with van der Waals surface area (Å²) in [4.78, 5) is 43.5. The van der Waals surface area contributed by atoms with Crippen molar-refractivity contribution in [3.8, 4) is 0 Å². The van der Waals surface area contributed by atoms with Crippen LogP contribution >= 0.6 is 11.6 Å². The van der Waals surface area contributed by atoms with Gasteiger partial charge >= 0.3 is 0 Å². The first-order valence-electron chi connectivity index (χ1n) is 11.2. The minimum Gasteiger partial charge on any atom is -0.299 e. The monoisotopic (exact) mass is 462 g/mol. The first-order valence-corrected chi connectivity index (χ1v) is 11.6. The molecule has 0 N–H and O–H groups in total. The fourth-order valence-corrected chi connectivity index (χ4v) is 4.76. The molecule has 1 aliphatic rings. The van der Waals surface area contributed by atoms with Crippen molar-refractivity contribution in [3.05, 3.63) is 86.4 Å². The number of halogens is 1. The van der Waals surface area contributed by atoms with Crippen molar-refractivity contribution >= 4 is 34.1 Å². The third-order valence-corrected chi connectivity index (χ3v) is 6.79. The number of aromatic nitrogens is 2. The van der Waals surface area contributed by atoms with E-state index < -0.39 is 6.04 Å². The van der Waals surface area contributed by atoms with Gasteiger partial charge in [-0.1, -0.05) is 48.0 Å². The largest absolute Gasteiger partial charge is 0.299 e. The quantitative estimate of drug-likeness (QED) is 0.468. The molecule has 1 atom stereocenters. The lowest BCUT2D eigenvalue weighted by molar-refractivity contribution is -0.122. The van der Waals surface area contributed by atoms with Crippen LogP contribution in [0.1, 0.15) is 54.2 Å². The molecule has 6 heteroatoms. The van der Waals surface area contributed by atoms with Crippen molar-refractivity contribution in [2.45, 2.75) is 58.4 Å². The predicted molar refractivity (Wildman–Crippen MR) is 131 cm³/mol. The Morgan fingerprint density at radius 1 is 1.21 bits per heavy atom. The first kappa shape index (κ1) is 23.1. The molecule has 1 aromatic heterocycles. The van der Waals surface area contributed by atoms with Gasteiger partial charge in [0.25, 0.3) is 5.56 Å². The van der Waals surface area contributed by atoms with E-state index in [2.05, 4.69) is 11.6 Å². The molecule has 1 aliphatic carbocycles. The van der Waals surface area contributed by atoms with E-state index in [-0.39, 0.29) is 17.1 Å². The van der Waals surface area contributed by atoms with Gasteiger partial charge < -0.3 is 0 Å². The zero-order valence-corrected chi connectivity index (χ0v) is 19.7. The van der Waals surface area contributed by atoms with Crippen LogP contribution in [-0.4, -0.2) is 21.1 Å². The smallest absolute Gasteiger partial charge is 0.262 e. The Bertz CT molecular complexity index is 1340. The van der Waals surface area contributed by atoms with Crippen LogP contribution in [-0.2, 0) is 22.4 Å². The summed E-state index contributed by atoms with van der Waals surface area (Å²) < 4.78 is 1.54. The van der Waals surface area contributed by atoms with Crippen LogP contribution in [0.15, 0.2) is 53.3 Å². The summed E-state index contributed by atoms with van der Waals surface area (Å²) in [6, 6.07) is 10.7. The van der Waals surface area contributed by atoms with Crippen LogP contribution in [0.3, 0.4) is 0 Å². The molecule has 1 saturated carbocycles. The van der Waals surface area contributed by atoms with Gasteiger partial charge in [-0.3, -0.25) is 19.0 Å². The van der Waals surface area contributed by atoms with E-state index in [0.717, 1.165) is 28.7 Å². The number of Topliss-reactive ketones (excluding diaryl/α,β-unsaturated/α-hetero) is 2. The zero-order chi connectivity index (χ0) is 23.7. The second-order valence-corrected chi connectivity index (χ2v) is 9.30. The number of ketones is 2. The molecule has 4 rings (SSSR count). The number of hydrogen-bond acceptors (Lipinski definition) is 4. The van der Waals surface area contributed by atoms with E-state index in [1.54, 1.807) is 13.0 Å². The van der Waals surface area contributed by atoms with E-state index >= 15 is 0 Å². The molecule has 1 fully saturated rings. The molecular weight excluding hydrogens is 436 g/mol. The van der Waals surface area contributed by atoms with E-state index in [1.165, 1.54) is 4.57 Å². The number of allylic oxidation sites excluding steroid dienone is 1. The van der Waals surface area contributed by atoms with Gasteiger partial charge in [-0.2, -0.15) is 0 Å². The van der Waals surface area contributed by atoms with E-state index in [0.29, 0.717) is 53.9 Å². The maximum absolute atomic E-state index is 13.6. The van der Waals surface area contributed by atoms with Crippen molar-refractivity contribution in [1.82, 2.24) is 9.55 Å². The van der Waals surface area contributed by atoms with Gasteiger partial charge in [0.15, 0.2) is 5.78 Å². The SMILES string of the molecule is C=C1CCC(n2c(C)nc3cccc(CCC(=O)Cc4ccc(C)c(Cl)c4)c3c2=O)C(=O)C1. The van der Waals surface area contributed by atoms with Gasteiger partial charge in [0, 0.05) is 24.3 Å². The molecule has 0 spiro atoms. The Hall–Kier alpha value is -3.05. The van der Waals surface area contributed by atoms with Crippen LogP contribution < -0.4 is 5.56 Å². The number of fused-ring (bicyclic) bond motifs is 1. The van der Waals surface area contributed by atoms with Gasteiger partial charge in [0.05, 0.1) is 16.9 Å². The van der Waals surface area contributed by atoms with Crippen molar-refractivity contribution in [2.24, 2.45) is 0 Å². The standard InChI is InChI=1S/C27H27ClN2O3/c1-16-7-12-24(25(32)13-16)30-18(3)29-23-6-4-5-20(26(23)27(30)33)10-11-21(31)14-19-9-8-17(2)22(28)15-19/h4-6,8-9,15,24H,1,7,10-14H2,2-3H3. The Morgan fingerprint density at radius 2 is 2.00 bits per heavy atom. The molecule has 0 saturated heterocycles. The summed E-state index contributed by atoms with van der Waals surface area (Å²) in [7, 11) is 0. The number of aryl methyl sites for hydroxylation is 3. The van der Waals surface area contributed by atoms with Crippen LogP contribution in [0.4, 0.5) is 0 Å². The van der Waals surface area contributed by atoms with Crippen molar-refractivity contribution in [3.63, 3.8) is 0 Å². The van der Waals surface area contributed by atoms with Crippen LogP contribution in [0.2, 0.25) is 5.02 Å². The fraction of sp³-hybridized carbons (Fsp3) is 0.333. The maximum atomic E-state index is 13.6. The lowest BCUT2D eigenvalue weighted by Gasteiger charge is -2.26. The topological polar surface area (TPSA) is 69.0 Å². The lowest BCUT2D eigenvalue weighted by Crippen LogP contribution is -2.35. The molecule has 0 amide bonds. The highest BCUT2D eigenvalue weighted by Gasteiger charge is 2.28. The number of benzene rings is 2. The molecule has 2 aromatic carbocycles. The third-order valence-electron chi connectivity index (χ3n) is 6.38. The Morgan fingerprint density at radius 3 is 2.73 bits per heavy atom. The minimum atomic E-state index is -0.513. The third kappa shape index (κ3) is 4.83. The van der Waals surface area contributed by atoms with Crippen LogP contribution in [0, 0.1) is 13.8 Å². The fourth-order valence-electron chi connectivity index (χ4n) is 4.56. The van der Waals surface area contributed by atoms with Gasteiger partial charge in [0.2, 0.25) is 0 Å². The summed E-state index contributed by atoms with van der Waals surface area (Å²) in [6.45, 7) is 7.61. The van der Waals surface area contributed by atoms with Gasteiger partial charge in [0.1, 0.15) is 11.6 Å². The molecule has 0 radical (unpaired) electrons. The molecule has 1 unspecified atom stereocenters. The average molecular weight is 463 g/mol. The zero-order valence-electron chi connectivity index (χ0n) is 19.0. The normalized spacial score (nSPS) is 16.4. The number of carbonyl (C=O) groups is 2. The Balaban J connectivity index is 1.61. The lowest BCUT2D eigenvalue weighted by atomic mass is 9.90. The molecule has 1 heterocycles. The average Bonchev–Trinajstić information content (AvgIpc) is 2.76. The van der Waals surface area contributed by atoms with E-state index in [9.17, 15) is 14.4 Å². The molecule has 0 aliphatic heterocycles. The number of carbonyl (C=O) groups excluding carboxylic acids is 2. The second kappa shape index (κ2) is 9.44. The second-order valence-electron chi connectivity index (χ2n) is 8.89. The highest BCUT2D eigenvalue weighted by molar-refractivity contribution is 6.31. The molecule has 3 aromatic rings. The van der Waals surface area contributed by atoms with Crippen LogP contribution in [0.25, 0.3) is 10.9 Å². The van der Waals surface area contributed by atoms with Crippen molar-refractivity contribution in [1.29, 1.82) is 0 Å². The Labute approximate surface area is 198 Å². The summed E-state index contributed by atoms with van der Waals surface area (Å²) in [5, 5.41) is 1.14. The molecule has 0 bridgehead atoms. The first-order chi connectivity index (χ1) is 15.7. The number of hydrogen-bond donors (Lipinski definition) is 0. The summed E-state index contributed by atoms with van der Waals surface area (Å²) >= 11 is 6.18. The van der Waals surface area contributed by atoms with Gasteiger partial charge in [-0.25, -0.2) is 4.98 Å². The summed E-state index contributed by atoms with van der Waals surface area (Å²) in [6.07, 6.45) is 2.62. The van der Waals surface area contributed by atoms with Crippen molar-refractivity contribution in [2.75, 3.05) is 0 Å². The minimum absolute atomic E-state index is 0.00187. The van der Waals surface area contributed by atoms with Gasteiger partial charge in [-0.15, -0.1) is 0 Å². The van der Waals surface area contributed by atoms with Gasteiger partial charge in [-0.05, 0) is 61.9 Å². The number of rotatable bonds is 6. The summed E-state index contributed by atoms with van der Waals surface area (Å²) in [5.41, 5.74) is 3.92. The summed E-state index contributed by atoms with van der Waals surface area (Å²) in [5.74, 6) is 0.609. The van der Waals surface area contributed by atoms with E-state index in [1.807, 2.05) is 37.3 Å². The molecule has 5 nitrogen and oxygen atoms in total. The maximum Gasteiger partial charge on any atom is 0.262 e. The highest BCUT2D eigenvalue weighted by atomic mass is 35.5. The Kier molecular flexibility index (Phi) is 6.61. The molecular formula is C27H27ClN2O3. The molecule has 33 heavy (non-hydrogen) atoms. The number of nitrogens with zero attached hydrogens (tertiary/aromatic N) is 2. The van der Waals surface area contributed by atoms with E-state index in [4.69, 9.17) is 11.6 Å². The molecule has 170 valence electrons. The predicted octanol–water partition coefficient (Wildman–Crippen LogP) is 5.26. The highest BCUT2D eigenvalue weighted by Crippen LogP contribution is 2.28. The van der Waals surface area contributed by atoms with Crippen molar-refractivity contribution < 1.29 is 9.59 Å².